The van der Waals surface area contributed by atoms with Crippen LogP contribution < -0.4 is 10.5 Å². The summed E-state index contributed by atoms with van der Waals surface area (Å²) in [6.07, 6.45) is -0.0520. The summed E-state index contributed by atoms with van der Waals surface area (Å²) < 4.78 is 35.6. The molecule has 0 unspecified atom stereocenters. The third kappa shape index (κ3) is 3.10. The second-order valence-electron chi connectivity index (χ2n) is 3.34. The van der Waals surface area contributed by atoms with Gasteiger partial charge in [0.25, 0.3) is 10.1 Å². The fraction of sp³-hybridized carbons (Fsp3) is 0.333. The largest absolute Gasteiger partial charge is 0.489 e. The number of nitrogens with two attached hydrogens (primary N) is 1. The van der Waals surface area contributed by atoms with Crippen LogP contribution in [0.15, 0.2) is 23.1 Å². The molecular weight excluding hydrogens is 218 g/mol. The van der Waals surface area contributed by atoms with E-state index in [1.807, 2.05) is 13.8 Å². The molecule has 84 valence electrons. The average molecular weight is 231 g/mol. The molecule has 0 radical (unpaired) electrons. The van der Waals surface area contributed by atoms with E-state index in [2.05, 4.69) is 0 Å². The quantitative estimate of drug-likeness (QED) is 0.604. The number of hydrogen-bond donors (Lipinski definition) is 2. The van der Waals surface area contributed by atoms with Crippen LogP contribution in [0.3, 0.4) is 0 Å². The van der Waals surface area contributed by atoms with Crippen molar-refractivity contribution < 1.29 is 17.7 Å². The van der Waals surface area contributed by atoms with Gasteiger partial charge in [0.2, 0.25) is 0 Å². The van der Waals surface area contributed by atoms with Crippen molar-refractivity contribution in [1.29, 1.82) is 0 Å². The summed E-state index contributed by atoms with van der Waals surface area (Å²) >= 11 is 0. The number of hydrogen-bond acceptors (Lipinski definition) is 4. The lowest BCUT2D eigenvalue weighted by atomic mass is 10.3. The zero-order valence-electron chi connectivity index (χ0n) is 8.47. The third-order valence-electron chi connectivity index (χ3n) is 1.64. The highest BCUT2D eigenvalue weighted by Crippen LogP contribution is 2.25. The van der Waals surface area contributed by atoms with E-state index < -0.39 is 10.1 Å². The third-order valence-corrected chi connectivity index (χ3v) is 2.49. The first-order chi connectivity index (χ1) is 6.80. The average Bonchev–Trinajstić information content (AvgIpc) is 2.05. The molecule has 0 atom stereocenters. The molecular formula is C9H13NO4S. The van der Waals surface area contributed by atoms with Gasteiger partial charge in [0.1, 0.15) is 5.75 Å². The van der Waals surface area contributed by atoms with Crippen molar-refractivity contribution >= 4 is 15.8 Å². The fourth-order valence-corrected chi connectivity index (χ4v) is 1.56. The van der Waals surface area contributed by atoms with Crippen LogP contribution in [0.2, 0.25) is 0 Å². The Labute approximate surface area is 88.6 Å². The van der Waals surface area contributed by atoms with Gasteiger partial charge in [-0.05, 0) is 32.0 Å². The smallest absolute Gasteiger partial charge is 0.294 e. The van der Waals surface area contributed by atoms with Gasteiger partial charge in [-0.3, -0.25) is 4.55 Å². The SMILES string of the molecule is CC(C)Oc1ccc(S(=O)(=O)O)cc1N. The molecule has 0 aliphatic carbocycles. The Kier molecular flexibility index (Phi) is 3.21. The molecule has 1 aromatic carbocycles. The molecule has 1 aromatic rings. The highest BCUT2D eigenvalue weighted by atomic mass is 32.2. The van der Waals surface area contributed by atoms with E-state index in [0.717, 1.165) is 6.07 Å². The van der Waals surface area contributed by atoms with Crippen molar-refractivity contribution in [2.75, 3.05) is 5.73 Å². The van der Waals surface area contributed by atoms with E-state index in [4.69, 9.17) is 15.0 Å². The Morgan fingerprint density at radius 1 is 1.40 bits per heavy atom. The van der Waals surface area contributed by atoms with E-state index in [9.17, 15) is 8.42 Å². The lowest BCUT2D eigenvalue weighted by Crippen LogP contribution is -2.08. The maximum absolute atomic E-state index is 10.8. The van der Waals surface area contributed by atoms with E-state index >= 15 is 0 Å². The standard InChI is InChI=1S/C9H13NO4S/c1-6(2)14-9-4-3-7(5-8(9)10)15(11,12)13/h3-6H,10H2,1-2H3,(H,11,12,13). The highest BCUT2D eigenvalue weighted by Gasteiger charge is 2.12. The van der Waals surface area contributed by atoms with Crippen molar-refractivity contribution in [2.24, 2.45) is 0 Å². The first-order valence-electron chi connectivity index (χ1n) is 4.34. The molecule has 0 spiro atoms. The van der Waals surface area contributed by atoms with Gasteiger partial charge in [0.05, 0.1) is 16.7 Å². The monoisotopic (exact) mass is 231 g/mol. The van der Waals surface area contributed by atoms with Crippen molar-refractivity contribution in [1.82, 2.24) is 0 Å². The Bertz CT molecular complexity index is 453. The first kappa shape index (κ1) is 11.8. The summed E-state index contributed by atoms with van der Waals surface area (Å²) in [6, 6.07) is 3.81. The van der Waals surface area contributed by atoms with Crippen molar-refractivity contribution in [3.63, 3.8) is 0 Å². The van der Waals surface area contributed by atoms with Gasteiger partial charge < -0.3 is 10.5 Å². The maximum atomic E-state index is 10.8. The molecule has 3 N–H and O–H groups in total. The number of ether oxygens (including phenoxy) is 1. The predicted molar refractivity (Wildman–Crippen MR) is 56.4 cm³/mol. The zero-order valence-corrected chi connectivity index (χ0v) is 9.28. The van der Waals surface area contributed by atoms with E-state index in [-0.39, 0.29) is 16.7 Å². The summed E-state index contributed by atoms with van der Waals surface area (Å²) in [5, 5.41) is 0. The van der Waals surface area contributed by atoms with Crippen LogP contribution in [-0.4, -0.2) is 19.1 Å². The summed E-state index contributed by atoms with van der Waals surface area (Å²) in [5.74, 6) is 0.400. The number of anilines is 1. The van der Waals surface area contributed by atoms with Crippen molar-refractivity contribution in [2.45, 2.75) is 24.8 Å². The fourth-order valence-electron chi connectivity index (χ4n) is 1.05. The van der Waals surface area contributed by atoms with Crippen LogP contribution in [0.25, 0.3) is 0 Å². The molecule has 0 aliphatic rings. The number of rotatable bonds is 3. The van der Waals surface area contributed by atoms with Crippen LogP contribution in [-0.2, 0) is 10.1 Å². The van der Waals surface area contributed by atoms with Crippen LogP contribution >= 0.6 is 0 Å². The van der Waals surface area contributed by atoms with Gasteiger partial charge in [-0.2, -0.15) is 8.42 Å². The molecule has 0 heterocycles. The van der Waals surface area contributed by atoms with E-state index in [1.165, 1.54) is 12.1 Å². The van der Waals surface area contributed by atoms with Crippen molar-refractivity contribution in [3.05, 3.63) is 18.2 Å². The number of benzene rings is 1. The maximum Gasteiger partial charge on any atom is 0.294 e. The van der Waals surface area contributed by atoms with Crippen LogP contribution in [0.1, 0.15) is 13.8 Å². The molecule has 5 nitrogen and oxygen atoms in total. The molecule has 0 fully saturated rings. The lowest BCUT2D eigenvalue weighted by molar-refractivity contribution is 0.243. The molecule has 6 heteroatoms. The normalized spacial score (nSPS) is 11.7. The Morgan fingerprint density at radius 2 is 2.00 bits per heavy atom. The second kappa shape index (κ2) is 4.08. The van der Waals surface area contributed by atoms with Crippen molar-refractivity contribution in [3.8, 4) is 5.75 Å². The molecule has 15 heavy (non-hydrogen) atoms. The molecule has 0 aromatic heterocycles. The van der Waals surface area contributed by atoms with Crippen LogP contribution in [0.4, 0.5) is 5.69 Å². The summed E-state index contributed by atoms with van der Waals surface area (Å²) in [4.78, 5) is -0.240. The van der Waals surface area contributed by atoms with Gasteiger partial charge in [-0.1, -0.05) is 0 Å². The Hall–Kier alpha value is -1.27. The molecule has 0 bridgehead atoms. The van der Waals surface area contributed by atoms with Gasteiger partial charge in [0, 0.05) is 0 Å². The molecule has 0 saturated carbocycles. The molecule has 0 saturated heterocycles. The topological polar surface area (TPSA) is 89.6 Å². The highest BCUT2D eigenvalue weighted by molar-refractivity contribution is 7.85. The van der Waals surface area contributed by atoms with Crippen LogP contribution in [0.5, 0.6) is 5.75 Å². The van der Waals surface area contributed by atoms with E-state index in [0.29, 0.717) is 5.75 Å². The van der Waals surface area contributed by atoms with Gasteiger partial charge >= 0.3 is 0 Å². The molecule has 0 amide bonds. The Balaban J connectivity index is 3.09. The summed E-state index contributed by atoms with van der Waals surface area (Å²) in [5.41, 5.74) is 5.75. The minimum atomic E-state index is -4.21. The first-order valence-corrected chi connectivity index (χ1v) is 5.78. The van der Waals surface area contributed by atoms with Gasteiger partial charge in [-0.15, -0.1) is 0 Å². The predicted octanol–water partition coefficient (Wildman–Crippen LogP) is 1.30. The second-order valence-corrected chi connectivity index (χ2v) is 4.76. The number of nitrogen functional groups attached to an aromatic ring is 1. The lowest BCUT2D eigenvalue weighted by Gasteiger charge is -2.12. The summed E-state index contributed by atoms with van der Waals surface area (Å²) in [6.45, 7) is 3.66. The zero-order chi connectivity index (χ0) is 11.6. The van der Waals surface area contributed by atoms with E-state index in [1.54, 1.807) is 0 Å². The van der Waals surface area contributed by atoms with Crippen LogP contribution in [0, 0.1) is 0 Å². The summed E-state index contributed by atoms with van der Waals surface area (Å²) in [7, 11) is -4.21. The molecule has 0 aliphatic heterocycles. The minimum Gasteiger partial charge on any atom is -0.489 e. The van der Waals surface area contributed by atoms with Gasteiger partial charge in [-0.25, -0.2) is 0 Å². The van der Waals surface area contributed by atoms with Gasteiger partial charge in [0.15, 0.2) is 0 Å². The molecule has 1 rings (SSSR count). The minimum absolute atomic E-state index is 0.0520. The Morgan fingerprint density at radius 3 is 2.40 bits per heavy atom.